The van der Waals surface area contributed by atoms with Gasteiger partial charge in [-0.1, -0.05) is 0 Å². The molecule has 0 aliphatic rings. The van der Waals surface area contributed by atoms with Gasteiger partial charge in [0, 0.05) is 0 Å². The second-order valence-corrected chi connectivity index (χ2v) is 3.26. The van der Waals surface area contributed by atoms with Gasteiger partial charge in [-0.3, -0.25) is 0 Å². The Balaban J connectivity index is 0. The Bertz CT molecular complexity index is 6.00. The SMILES string of the molecule is Cl[I-]Cl.N. The van der Waals surface area contributed by atoms with Crippen molar-refractivity contribution in [1.29, 1.82) is 0 Å². The van der Waals surface area contributed by atoms with Gasteiger partial charge < -0.3 is 6.15 Å². The van der Waals surface area contributed by atoms with Crippen molar-refractivity contribution in [1.82, 2.24) is 6.15 Å². The van der Waals surface area contributed by atoms with E-state index >= 15 is 0 Å². The summed E-state index contributed by atoms with van der Waals surface area (Å²) in [5.74, 6) is 0. The van der Waals surface area contributed by atoms with Gasteiger partial charge in [-0.2, -0.15) is 0 Å². The maximum atomic E-state index is 4.87. The van der Waals surface area contributed by atoms with E-state index in [4.69, 9.17) is 17.8 Å². The number of hydrogen-bond acceptors (Lipinski definition) is 1. The van der Waals surface area contributed by atoms with Gasteiger partial charge in [0.15, 0.2) is 0 Å². The topological polar surface area (TPSA) is 35.0 Å². The zero-order valence-electron chi connectivity index (χ0n) is 1.84. The van der Waals surface area contributed by atoms with Crippen molar-refractivity contribution in [3.05, 3.63) is 0 Å². The summed E-state index contributed by atoms with van der Waals surface area (Å²) in [4.78, 5) is 0. The summed E-state index contributed by atoms with van der Waals surface area (Å²) >= 11 is -0.466. The van der Waals surface area contributed by atoms with Gasteiger partial charge in [0.25, 0.3) is 0 Å². The molecule has 4 heavy (non-hydrogen) atoms. The van der Waals surface area contributed by atoms with E-state index in [0.717, 1.165) is 0 Å². The first-order valence-corrected chi connectivity index (χ1v) is 5.75. The van der Waals surface area contributed by atoms with Gasteiger partial charge in [0.2, 0.25) is 0 Å². The third kappa shape index (κ3) is 10.4. The van der Waals surface area contributed by atoms with Crippen molar-refractivity contribution < 1.29 is 18.9 Å². The first kappa shape index (κ1) is 8.99. The molecule has 30 valence electrons. The summed E-state index contributed by atoms with van der Waals surface area (Å²) in [5, 5.41) is 0. The van der Waals surface area contributed by atoms with E-state index in [1.165, 1.54) is 0 Å². The Morgan fingerprint density at radius 3 is 1.25 bits per heavy atom. The van der Waals surface area contributed by atoms with Crippen molar-refractivity contribution in [3.8, 4) is 0 Å². The van der Waals surface area contributed by atoms with Crippen molar-refractivity contribution in [2.75, 3.05) is 0 Å². The molecule has 0 aromatic rings. The van der Waals surface area contributed by atoms with Crippen LogP contribution in [0.25, 0.3) is 0 Å². The Morgan fingerprint density at radius 2 is 1.25 bits per heavy atom. The average molecular weight is 215 g/mol. The molecule has 0 rings (SSSR count). The van der Waals surface area contributed by atoms with Gasteiger partial charge in [-0.05, 0) is 0 Å². The van der Waals surface area contributed by atoms with Crippen molar-refractivity contribution >= 4 is 17.8 Å². The Kier molecular flexibility index (Phi) is 19.9. The molecule has 0 saturated heterocycles. The van der Waals surface area contributed by atoms with E-state index in [0.29, 0.717) is 0 Å². The van der Waals surface area contributed by atoms with E-state index < -0.39 is 18.9 Å². The fourth-order valence-corrected chi connectivity index (χ4v) is 0. The Labute approximate surface area is 42.9 Å². The minimum atomic E-state index is -0.466. The number of rotatable bonds is 0. The van der Waals surface area contributed by atoms with Crippen LogP contribution < -0.4 is 25.1 Å². The maximum Gasteiger partial charge on any atom is -0.344 e. The summed E-state index contributed by atoms with van der Waals surface area (Å²) in [5.41, 5.74) is 0. The zero-order valence-corrected chi connectivity index (χ0v) is 5.51. The van der Waals surface area contributed by atoms with Gasteiger partial charge >= 0.3 is 36.8 Å². The molecule has 0 bridgehead atoms. The van der Waals surface area contributed by atoms with Gasteiger partial charge in [0.05, 0.1) is 0 Å². The van der Waals surface area contributed by atoms with Crippen LogP contribution in [-0.2, 0) is 0 Å². The standard InChI is InChI=1S/Cl2I.H3N/c1-3-2;/h;1H3/q-1;. The smallest absolute Gasteiger partial charge is 0.344 e. The van der Waals surface area contributed by atoms with Gasteiger partial charge in [-0.15, -0.1) is 0 Å². The van der Waals surface area contributed by atoms with Gasteiger partial charge in [-0.25, -0.2) is 0 Å². The molecule has 0 spiro atoms. The first-order chi connectivity index (χ1) is 1.41. The van der Waals surface area contributed by atoms with Crippen LogP contribution in [0.15, 0.2) is 0 Å². The van der Waals surface area contributed by atoms with Crippen molar-refractivity contribution in [2.24, 2.45) is 0 Å². The predicted molar refractivity (Wildman–Crippen MR) is 16.7 cm³/mol. The largest absolute Gasteiger partial charge is 0.344 e. The number of halogens is 3. The van der Waals surface area contributed by atoms with Crippen molar-refractivity contribution in [2.45, 2.75) is 0 Å². The minimum absolute atomic E-state index is 0. The monoisotopic (exact) mass is 214 g/mol. The van der Waals surface area contributed by atoms with Crippen LogP contribution >= 0.6 is 17.8 Å². The molecule has 0 radical (unpaired) electrons. The molecule has 3 N–H and O–H groups in total. The van der Waals surface area contributed by atoms with E-state index in [-0.39, 0.29) is 6.15 Å². The molecule has 0 aliphatic carbocycles. The molecular weight excluding hydrogens is 212 g/mol. The molecule has 0 aromatic heterocycles. The van der Waals surface area contributed by atoms with Crippen molar-refractivity contribution in [3.63, 3.8) is 0 Å². The molecule has 0 amide bonds. The second-order valence-electron chi connectivity index (χ2n) is 0.0540. The molecule has 0 fully saturated rings. The first-order valence-electron chi connectivity index (χ1n) is 0.286. The van der Waals surface area contributed by atoms with Gasteiger partial charge in [0.1, 0.15) is 0 Å². The molecule has 0 aromatic carbocycles. The minimum Gasteiger partial charge on any atom is -0.344 e. The zero-order chi connectivity index (χ0) is 2.71. The normalized spacial score (nSPS) is 5.50. The van der Waals surface area contributed by atoms with E-state index in [2.05, 4.69) is 0 Å². The van der Waals surface area contributed by atoms with Crippen LogP contribution in [0.5, 0.6) is 0 Å². The fourth-order valence-electron chi connectivity index (χ4n) is 0. The molecule has 4 heteroatoms. The molecule has 0 aliphatic heterocycles. The molecule has 0 atom stereocenters. The van der Waals surface area contributed by atoms with Crippen LogP contribution in [0.2, 0.25) is 0 Å². The number of hydrogen-bond donors (Lipinski definition) is 1. The van der Waals surface area contributed by atoms with E-state index in [1.54, 1.807) is 0 Å². The summed E-state index contributed by atoms with van der Waals surface area (Å²) in [6.45, 7) is 0. The fraction of sp³-hybridized carbons (Fsp3) is 0. The molecule has 1 nitrogen and oxygen atoms in total. The molecule has 0 saturated carbocycles. The van der Waals surface area contributed by atoms with Crippen LogP contribution in [0.3, 0.4) is 0 Å². The Morgan fingerprint density at radius 1 is 1.25 bits per heavy atom. The molecule has 0 heterocycles. The summed E-state index contributed by atoms with van der Waals surface area (Å²) in [6.07, 6.45) is 0. The summed E-state index contributed by atoms with van der Waals surface area (Å²) in [6, 6.07) is 0. The summed E-state index contributed by atoms with van der Waals surface area (Å²) < 4.78 is 0. The average Bonchev–Trinajstić information content (AvgIpc) is 0.918. The van der Waals surface area contributed by atoms with Crippen LogP contribution in [0.4, 0.5) is 0 Å². The van der Waals surface area contributed by atoms with E-state index in [9.17, 15) is 0 Å². The van der Waals surface area contributed by atoms with Crippen LogP contribution in [-0.4, -0.2) is 0 Å². The van der Waals surface area contributed by atoms with E-state index in [1.807, 2.05) is 0 Å². The third-order valence-electron chi connectivity index (χ3n) is 0. The second kappa shape index (κ2) is 8.86. The van der Waals surface area contributed by atoms with Crippen LogP contribution in [0.1, 0.15) is 0 Å². The third-order valence-corrected chi connectivity index (χ3v) is 0. The Hall–Kier alpha value is 1.27. The quantitative estimate of drug-likeness (QED) is 0.492. The van der Waals surface area contributed by atoms with Crippen LogP contribution in [0, 0.1) is 0 Å². The predicted octanol–water partition coefficient (Wildman–Crippen LogP) is -1.46. The maximum absolute atomic E-state index is 4.87. The molecule has 0 unspecified atom stereocenters. The molecular formula is H3Cl2IN-. The summed E-state index contributed by atoms with van der Waals surface area (Å²) in [7, 11) is 9.75.